The standard InChI is InChI=1S/C12H10N4O2/c1-2-18-12(17)10-7-15-16(8-10)11-9(6-13)4-3-5-14-11/h3-5,7-8H,2H2,1H3. The Morgan fingerprint density at radius 1 is 1.61 bits per heavy atom. The van der Waals surface area contributed by atoms with Gasteiger partial charge in [-0.1, -0.05) is 0 Å². The fourth-order valence-electron chi connectivity index (χ4n) is 1.43. The Morgan fingerprint density at radius 2 is 2.44 bits per heavy atom. The van der Waals surface area contributed by atoms with Crippen molar-refractivity contribution in [3.63, 3.8) is 0 Å². The Balaban J connectivity index is 2.36. The summed E-state index contributed by atoms with van der Waals surface area (Å²) >= 11 is 0. The maximum Gasteiger partial charge on any atom is 0.341 e. The zero-order valence-electron chi connectivity index (χ0n) is 9.70. The van der Waals surface area contributed by atoms with Gasteiger partial charge in [0.1, 0.15) is 6.07 Å². The molecule has 0 fully saturated rings. The summed E-state index contributed by atoms with van der Waals surface area (Å²) < 4.78 is 6.24. The minimum absolute atomic E-state index is 0.303. The van der Waals surface area contributed by atoms with Crippen molar-refractivity contribution >= 4 is 5.97 Å². The van der Waals surface area contributed by atoms with Gasteiger partial charge >= 0.3 is 5.97 Å². The van der Waals surface area contributed by atoms with Gasteiger partial charge in [0.05, 0.1) is 23.9 Å². The zero-order valence-corrected chi connectivity index (χ0v) is 9.70. The minimum atomic E-state index is -0.446. The van der Waals surface area contributed by atoms with Crippen molar-refractivity contribution in [3.05, 3.63) is 41.9 Å². The van der Waals surface area contributed by atoms with Crippen LogP contribution in [0.25, 0.3) is 5.82 Å². The number of hydrogen-bond acceptors (Lipinski definition) is 5. The first-order valence-electron chi connectivity index (χ1n) is 5.33. The first kappa shape index (κ1) is 11.8. The highest BCUT2D eigenvalue weighted by Gasteiger charge is 2.12. The number of ether oxygens (including phenoxy) is 1. The highest BCUT2D eigenvalue weighted by molar-refractivity contribution is 5.88. The van der Waals surface area contributed by atoms with Crippen LogP contribution < -0.4 is 0 Å². The van der Waals surface area contributed by atoms with E-state index in [1.165, 1.54) is 17.1 Å². The lowest BCUT2D eigenvalue weighted by Gasteiger charge is -2.01. The molecule has 18 heavy (non-hydrogen) atoms. The number of carbonyl (C=O) groups is 1. The second kappa shape index (κ2) is 5.10. The van der Waals surface area contributed by atoms with E-state index in [9.17, 15) is 4.79 Å². The van der Waals surface area contributed by atoms with Crippen LogP contribution in [-0.2, 0) is 4.74 Å². The van der Waals surface area contributed by atoms with E-state index >= 15 is 0 Å². The SMILES string of the molecule is CCOC(=O)c1cnn(-c2ncccc2C#N)c1. The van der Waals surface area contributed by atoms with E-state index in [1.807, 2.05) is 6.07 Å². The molecule has 0 unspecified atom stereocenters. The molecule has 2 heterocycles. The number of carbonyl (C=O) groups excluding carboxylic acids is 1. The van der Waals surface area contributed by atoms with Crippen LogP contribution in [0.2, 0.25) is 0 Å². The molecule has 2 aromatic heterocycles. The quantitative estimate of drug-likeness (QED) is 0.758. The van der Waals surface area contributed by atoms with Gasteiger partial charge in [0.25, 0.3) is 0 Å². The van der Waals surface area contributed by atoms with Gasteiger partial charge in [-0.05, 0) is 19.1 Å². The number of rotatable bonds is 3. The molecule has 0 N–H and O–H groups in total. The van der Waals surface area contributed by atoms with E-state index in [4.69, 9.17) is 10.00 Å². The Hall–Kier alpha value is -2.68. The molecule has 2 rings (SSSR count). The Bertz CT molecular complexity index is 613. The van der Waals surface area contributed by atoms with Crippen LogP contribution >= 0.6 is 0 Å². The summed E-state index contributed by atoms with van der Waals surface area (Å²) in [5, 5.41) is 13.0. The lowest BCUT2D eigenvalue weighted by Crippen LogP contribution is -2.04. The van der Waals surface area contributed by atoms with Crippen molar-refractivity contribution in [3.8, 4) is 11.9 Å². The summed E-state index contributed by atoms with van der Waals surface area (Å²) in [6.45, 7) is 2.03. The Kier molecular flexibility index (Phi) is 3.34. The molecule has 0 atom stereocenters. The summed E-state index contributed by atoms with van der Waals surface area (Å²) in [6, 6.07) is 5.32. The summed E-state index contributed by atoms with van der Waals surface area (Å²) in [5.41, 5.74) is 0.711. The number of nitriles is 1. The van der Waals surface area contributed by atoms with Gasteiger partial charge in [-0.25, -0.2) is 14.5 Å². The summed E-state index contributed by atoms with van der Waals surface area (Å²) in [6.07, 6.45) is 4.43. The third kappa shape index (κ3) is 2.20. The normalized spacial score (nSPS) is 9.78. The highest BCUT2D eigenvalue weighted by Crippen LogP contribution is 2.10. The van der Waals surface area contributed by atoms with E-state index in [0.717, 1.165) is 0 Å². The maximum absolute atomic E-state index is 11.5. The van der Waals surface area contributed by atoms with Crippen LogP contribution in [-0.4, -0.2) is 27.3 Å². The minimum Gasteiger partial charge on any atom is -0.462 e. The number of hydrogen-bond donors (Lipinski definition) is 0. The van der Waals surface area contributed by atoms with Crippen molar-refractivity contribution in [2.75, 3.05) is 6.61 Å². The molecule has 0 saturated carbocycles. The van der Waals surface area contributed by atoms with E-state index in [1.54, 1.807) is 25.3 Å². The topological polar surface area (TPSA) is 80.8 Å². The summed E-state index contributed by atoms with van der Waals surface area (Å²) in [4.78, 5) is 15.5. The fraction of sp³-hybridized carbons (Fsp3) is 0.167. The number of nitrogens with zero attached hydrogens (tertiary/aromatic N) is 4. The van der Waals surface area contributed by atoms with Gasteiger partial charge in [0, 0.05) is 12.4 Å². The Morgan fingerprint density at radius 3 is 3.17 bits per heavy atom. The molecule has 0 bridgehead atoms. The van der Waals surface area contributed by atoms with Crippen molar-refractivity contribution in [1.82, 2.24) is 14.8 Å². The second-order valence-electron chi connectivity index (χ2n) is 3.38. The molecule has 0 aromatic carbocycles. The lowest BCUT2D eigenvalue weighted by atomic mass is 10.3. The van der Waals surface area contributed by atoms with Crippen LogP contribution in [0.4, 0.5) is 0 Å². The first-order valence-corrected chi connectivity index (χ1v) is 5.33. The largest absolute Gasteiger partial charge is 0.462 e. The van der Waals surface area contributed by atoms with Crippen molar-refractivity contribution in [1.29, 1.82) is 5.26 Å². The summed E-state index contributed by atoms with van der Waals surface area (Å²) in [7, 11) is 0. The molecule has 6 heteroatoms. The molecule has 6 nitrogen and oxygen atoms in total. The molecule has 0 aliphatic rings. The van der Waals surface area contributed by atoms with E-state index in [2.05, 4.69) is 10.1 Å². The molecule has 0 saturated heterocycles. The van der Waals surface area contributed by atoms with Crippen LogP contribution in [0.15, 0.2) is 30.7 Å². The Labute approximate surface area is 103 Å². The smallest absolute Gasteiger partial charge is 0.341 e. The average Bonchev–Trinajstić information content (AvgIpc) is 2.88. The van der Waals surface area contributed by atoms with E-state index in [-0.39, 0.29) is 0 Å². The second-order valence-corrected chi connectivity index (χ2v) is 3.38. The molecule has 0 amide bonds. The van der Waals surface area contributed by atoms with Gasteiger partial charge in [-0.3, -0.25) is 0 Å². The monoisotopic (exact) mass is 242 g/mol. The lowest BCUT2D eigenvalue weighted by molar-refractivity contribution is 0.0526. The molecular weight excluding hydrogens is 232 g/mol. The first-order chi connectivity index (χ1) is 8.76. The van der Waals surface area contributed by atoms with Crippen LogP contribution in [0.5, 0.6) is 0 Å². The van der Waals surface area contributed by atoms with Gasteiger partial charge in [-0.15, -0.1) is 0 Å². The van der Waals surface area contributed by atoms with Crippen LogP contribution in [0.1, 0.15) is 22.8 Å². The average molecular weight is 242 g/mol. The molecule has 0 aliphatic carbocycles. The van der Waals surface area contributed by atoms with Gasteiger partial charge < -0.3 is 4.74 Å². The molecule has 0 aliphatic heterocycles. The van der Waals surface area contributed by atoms with E-state index in [0.29, 0.717) is 23.6 Å². The van der Waals surface area contributed by atoms with Crippen molar-refractivity contribution < 1.29 is 9.53 Å². The molecular formula is C12H10N4O2. The van der Waals surface area contributed by atoms with Crippen LogP contribution in [0.3, 0.4) is 0 Å². The number of pyridine rings is 1. The number of esters is 1. The predicted octanol–water partition coefficient (Wildman–Crippen LogP) is 1.32. The van der Waals surface area contributed by atoms with Crippen LogP contribution in [0, 0.1) is 11.3 Å². The van der Waals surface area contributed by atoms with Gasteiger partial charge in [0.15, 0.2) is 5.82 Å². The molecule has 90 valence electrons. The molecule has 0 spiro atoms. The van der Waals surface area contributed by atoms with Crippen molar-refractivity contribution in [2.45, 2.75) is 6.92 Å². The van der Waals surface area contributed by atoms with E-state index < -0.39 is 5.97 Å². The third-order valence-electron chi connectivity index (χ3n) is 2.22. The van der Waals surface area contributed by atoms with Crippen molar-refractivity contribution in [2.24, 2.45) is 0 Å². The fourth-order valence-corrected chi connectivity index (χ4v) is 1.43. The zero-order chi connectivity index (χ0) is 13.0. The predicted molar refractivity (Wildman–Crippen MR) is 62.0 cm³/mol. The maximum atomic E-state index is 11.5. The molecule has 0 radical (unpaired) electrons. The highest BCUT2D eigenvalue weighted by atomic mass is 16.5. The molecule has 2 aromatic rings. The summed E-state index contributed by atoms with van der Waals surface area (Å²) in [5.74, 6) is -0.0614. The third-order valence-corrected chi connectivity index (χ3v) is 2.22. The van der Waals surface area contributed by atoms with Gasteiger partial charge in [0.2, 0.25) is 0 Å². The van der Waals surface area contributed by atoms with Gasteiger partial charge in [-0.2, -0.15) is 10.4 Å². The number of aromatic nitrogens is 3.